The largest absolute Gasteiger partial charge is 0.310 e. The average molecular weight is 376 g/mol. The van der Waals surface area contributed by atoms with Crippen molar-refractivity contribution in [3.05, 3.63) is 59.9 Å². The Morgan fingerprint density at radius 2 is 1.65 bits per heavy atom. The molecule has 0 radical (unpaired) electrons. The van der Waals surface area contributed by atoms with Gasteiger partial charge in [-0.1, -0.05) is 19.1 Å². The Morgan fingerprint density at radius 1 is 1.04 bits per heavy atom. The van der Waals surface area contributed by atoms with Crippen LogP contribution in [0.15, 0.2) is 53.4 Å². The van der Waals surface area contributed by atoms with Crippen LogP contribution in [0, 0.1) is 5.82 Å². The maximum absolute atomic E-state index is 13.1. The lowest BCUT2D eigenvalue weighted by molar-refractivity contribution is -0.123. The lowest BCUT2D eigenvalue weighted by Crippen LogP contribution is -2.57. The molecule has 7 heteroatoms. The van der Waals surface area contributed by atoms with E-state index in [0.29, 0.717) is 0 Å². The van der Waals surface area contributed by atoms with Crippen LogP contribution in [0.1, 0.15) is 19.4 Å². The fourth-order valence-corrected chi connectivity index (χ4v) is 4.67. The number of hydrogen-bond donors (Lipinski definition) is 0. The maximum Gasteiger partial charge on any atom is 0.245 e. The molecule has 1 aliphatic rings. The van der Waals surface area contributed by atoms with Gasteiger partial charge in [0.2, 0.25) is 15.9 Å². The zero-order valence-electron chi connectivity index (χ0n) is 14.7. The highest BCUT2D eigenvalue weighted by molar-refractivity contribution is 7.89. The molecule has 138 valence electrons. The number of halogens is 1. The predicted octanol–water partition coefficient (Wildman–Crippen LogP) is 2.81. The molecule has 0 N–H and O–H groups in total. The highest BCUT2D eigenvalue weighted by Gasteiger charge is 2.39. The first-order chi connectivity index (χ1) is 12.3. The van der Waals surface area contributed by atoms with Gasteiger partial charge in [0.25, 0.3) is 0 Å². The molecule has 1 aliphatic heterocycles. The Bertz CT molecular complexity index is 895. The van der Waals surface area contributed by atoms with Crippen molar-refractivity contribution in [1.82, 2.24) is 4.31 Å². The zero-order valence-corrected chi connectivity index (χ0v) is 15.5. The van der Waals surface area contributed by atoms with Crippen molar-refractivity contribution in [2.75, 3.05) is 18.0 Å². The first kappa shape index (κ1) is 18.5. The highest BCUT2D eigenvalue weighted by Crippen LogP contribution is 2.26. The second-order valence-corrected chi connectivity index (χ2v) is 8.15. The molecule has 1 amide bonds. The number of carbonyl (C=O) groups excluding carboxylic acids is 1. The van der Waals surface area contributed by atoms with Gasteiger partial charge in [0, 0.05) is 18.8 Å². The minimum atomic E-state index is -3.86. The number of carbonyl (C=O) groups is 1. The third-order valence-corrected chi connectivity index (χ3v) is 6.66. The van der Waals surface area contributed by atoms with Gasteiger partial charge in [0.05, 0.1) is 4.90 Å². The number of nitrogens with zero attached hydrogens (tertiary/aromatic N) is 2. The van der Waals surface area contributed by atoms with Crippen molar-refractivity contribution in [3.63, 3.8) is 0 Å². The van der Waals surface area contributed by atoms with Gasteiger partial charge in [-0.15, -0.1) is 0 Å². The van der Waals surface area contributed by atoms with Crippen molar-refractivity contribution in [1.29, 1.82) is 0 Å². The molecule has 0 aliphatic carbocycles. The van der Waals surface area contributed by atoms with Gasteiger partial charge in [-0.25, -0.2) is 12.8 Å². The molecule has 0 aromatic heterocycles. The topological polar surface area (TPSA) is 57.7 Å². The molecule has 0 saturated carbocycles. The van der Waals surface area contributed by atoms with E-state index in [0.717, 1.165) is 24.2 Å². The van der Waals surface area contributed by atoms with Crippen LogP contribution >= 0.6 is 0 Å². The summed E-state index contributed by atoms with van der Waals surface area (Å²) >= 11 is 0. The van der Waals surface area contributed by atoms with E-state index in [-0.39, 0.29) is 23.9 Å². The SMILES string of the molecule is CCc1ccc(N2CCN(S(=O)(=O)c3ccc(F)cc3)C(C)C2=O)cc1. The Morgan fingerprint density at radius 3 is 2.23 bits per heavy atom. The molecule has 0 bridgehead atoms. The number of hydrogen-bond acceptors (Lipinski definition) is 3. The molecule has 0 spiro atoms. The Balaban J connectivity index is 1.83. The second-order valence-electron chi connectivity index (χ2n) is 6.26. The minimum absolute atomic E-state index is 0.0145. The van der Waals surface area contributed by atoms with E-state index in [1.807, 2.05) is 24.3 Å². The van der Waals surface area contributed by atoms with Crippen LogP contribution in [0.25, 0.3) is 0 Å². The van der Waals surface area contributed by atoms with Gasteiger partial charge in [-0.2, -0.15) is 4.31 Å². The Kier molecular flexibility index (Phi) is 5.11. The first-order valence-electron chi connectivity index (χ1n) is 8.52. The summed E-state index contributed by atoms with van der Waals surface area (Å²) in [5.74, 6) is -0.778. The quantitative estimate of drug-likeness (QED) is 0.825. The van der Waals surface area contributed by atoms with Crippen LogP contribution in [0.3, 0.4) is 0 Å². The number of rotatable bonds is 4. The average Bonchev–Trinajstić information content (AvgIpc) is 2.64. The van der Waals surface area contributed by atoms with Crippen LogP contribution in [0.4, 0.5) is 10.1 Å². The van der Waals surface area contributed by atoms with Gasteiger partial charge >= 0.3 is 0 Å². The summed E-state index contributed by atoms with van der Waals surface area (Å²) in [6, 6.07) is 11.5. The van der Waals surface area contributed by atoms with Gasteiger partial charge < -0.3 is 4.90 Å². The monoisotopic (exact) mass is 376 g/mol. The van der Waals surface area contributed by atoms with Crippen molar-refractivity contribution < 1.29 is 17.6 Å². The van der Waals surface area contributed by atoms with Crippen molar-refractivity contribution in [2.45, 2.75) is 31.2 Å². The molecule has 1 saturated heterocycles. The third-order valence-electron chi connectivity index (χ3n) is 4.68. The van der Waals surface area contributed by atoms with Gasteiger partial charge in [0.15, 0.2) is 0 Å². The molecule has 3 rings (SSSR count). The standard InChI is InChI=1S/C19H21FN2O3S/c1-3-15-4-8-17(9-5-15)21-12-13-22(14(2)19(21)23)26(24,25)18-10-6-16(20)7-11-18/h4-11,14H,3,12-13H2,1-2H3. The van der Waals surface area contributed by atoms with E-state index in [1.165, 1.54) is 22.0 Å². The van der Waals surface area contributed by atoms with Crippen LogP contribution in [0.2, 0.25) is 0 Å². The van der Waals surface area contributed by atoms with E-state index in [4.69, 9.17) is 0 Å². The minimum Gasteiger partial charge on any atom is -0.310 e. The number of sulfonamides is 1. The van der Waals surface area contributed by atoms with Crippen LogP contribution in [-0.4, -0.2) is 37.8 Å². The molecule has 1 fully saturated rings. The van der Waals surface area contributed by atoms with E-state index >= 15 is 0 Å². The van der Waals surface area contributed by atoms with Gasteiger partial charge in [0.1, 0.15) is 11.9 Å². The predicted molar refractivity (Wildman–Crippen MR) is 97.9 cm³/mol. The zero-order chi connectivity index (χ0) is 18.9. The van der Waals surface area contributed by atoms with Crippen molar-refractivity contribution in [2.24, 2.45) is 0 Å². The normalized spacial score (nSPS) is 19.0. The van der Waals surface area contributed by atoms with Crippen LogP contribution in [-0.2, 0) is 21.2 Å². The summed E-state index contributed by atoms with van der Waals surface area (Å²) in [4.78, 5) is 14.4. The van der Waals surface area contributed by atoms with E-state index in [1.54, 1.807) is 11.8 Å². The molecular formula is C19H21FN2O3S. The van der Waals surface area contributed by atoms with E-state index in [9.17, 15) is 17.6 Å². The first-order valence-corrected chi connectivity index (χ1v) is 9.96. The van der Waals surface area contributed by atoms with E-state index in [2.05, 4.69) is 6.92 Å². The third kappa shape index (κ3) is 3.37. The lowest BCUT2D eigenvalue weighted by Gasteiger charge is -2.38. The smallest absolute Gasteiger partial charge is 0.245 e. The summed E-state index contributed by atoms with van der Waals surface area (Å²) in [6.07, 6.45) is 0.911. The second kappa shape index (κ2) is 7.17. The molecular weight excluding hydrogens is 355 g/mol. The van der Waals surface area contributed by atoms with Gasteiger partial charge in [-0.05, 0) is 55.3 Å². The maximum atomic E-state index is 13.1. The summed E-state index contributed by atoms with van der Waals surface area (Å²) < 4.78 is 39.9. The molecule has 1 unspecified atom stereocenters. The summed E-state index contributed by atoms with van der Waals surface area (Å²) in [5, 5.41) is 0. The molecule has 5 nitrogen and oxygen atoms in total. The fraction of sp³-hybridized carbons (Fsp3) is 0.316. The summed E-state index contributed by atoms with van der Waals surface area (Å²) in [5.41, 5.74) is 1.93. The van der Waals surface area contributed by atoms with Crippen molar-refractivity contribution >= 4 is 21.6 Å². The molecule has 1 heterocycles. The Hall–Kier alpha value is -2.25. The van der Waals surface area contributed by atoms with Crippen LogP contribution in [0.5, 0.6) is 0 Å². The number of amides is 1. The number of aryl methyl sites for hydroxylation is 1. The van der Waals surface area contributed by atoms with Gasteiger partial charge in [-0.3, -0.25) is 4.79 Å². The fourth-order valence-electron chi connectivity index (χ4n) is 3.09. The molecule has 26 heavy (non-hydrogen) atoms. The van der Waals surface area contributed by atoms with Crippen LogP contribution < -0.4 is 4.90 Å². The summed E-state index contributed by atoms with van der Waals surface area (Å²) in [6.45, 7) is 4.09. The molecule has 2 aromatic rings. The highest BCUT2D eigenvalue weighted by atomic mass is 32.2. The molecule has 2 aromatic carbocycles. The summed E-state index contributed by atoms with van der Waals surface area (Å²) in [7, 11) is -3.86. The number of benzene rings is 2. The molecule has 1 atom stereocenters. The lowest BCUT2D eigenvalue weighted by atomic mass is 10.1. The van der Waals surface area contributed by atoms with Crippen molar-refractivity contribution in [3.8, 4) is 0 Å². The number of piperazine rings is 1. The Labute approximate surface area is 153 Å². The number of anilines is 1. The van der Waals surface area contributed by atoms with E-state index < -0.39 is 21.9 Å².